The Labute approximate surface area is 186 Å². The predicted molar refractivity (Wildman–Crippen MR) is 106 cm³/mol. The number of hydrogen-bond donors (Lipinski definition) is 2. The Bertz CT molecular complexity index is 1260. The average Bonchev–Trinajstić information content (AvgIpc) is 2.60. The third-order valence-corrected chi connectivity index (χ3v) is 5.14. The maximum atomic E-state index is 11.8. The minimum absolute atomic E-state index is 0. The van der Waals surface area contributed by atoms with Gasteiger partial charge in [-0.1, -0.05) is 46.6 Å². The Hall–Kier alpha value is -2.38. The molecule has 0 aromatic heterocycles. The van der Waals surface area contributed by atoms with Gasteiger partial charge in [0.2, 0.25) is 0 Å². The fourth-order valence-electron chi connectivity index (χ4n) is 2.19. The van der Waals surface area contributed by atoms with Crippen LogP contribution >= 0.6 is 0 Å². The van der Waals surface area contributed by atoms with Crippen LogP contribution in [0, 0.1) is 0 Å². The molecule has 29 heavy (non-hydrogen) atoms. The third kappa shape index (κ3) is 6.30. The van der Waals surface area contributed by atoms with Crippen LogP contribution in [0.1, 0.15) is 11.1 Å². The van der Waals surface area contributed by atoms with Crippen molar-refractivity contribution in [3.05, 3.63) is 68.4 Å². The van der Waals surface area contributed by atoms with Gasteiger partial charge in [-0.3, -0.25) is 9.11 Å². The summed E-state index contributed by atoms with van der Waals surface area (Å²) >= 11 is 0. The van der Waals surface area contributed by atoms with Gasteiger partial charge in [0, 0.05) is 15.5 Å². The van der Waals surface area contributed by atoms with E-state index in [1.807, 2.05) is 0 Å². The molecule has 146 valence electrons. The Morgan fingerprint density at radius 1 is 0.828 bits per heavy atom. The predicted octanol–water partition coefficient (Wildman–Crippen LogP) is 3.59. The fourth-order valence-corrected chi connectivity index (χ4v) is 3.49. The normalized spacial score (nSPS) is 11.2. The van der Waals surface area contributed by atoms with Gasteiger partial charge in [-0.05, 0) is 34.3 Å². The summed E-state index contributed by atoms with van der Waals surface area (Å²) < 4.78 is 64.1. The summed E-state index contributed by atoms with van der Waals surface area (Å²) in [4.78, 5) is 3.89. The van der Waals surface area contributed by atoms with E-state index in [1.54, 1.807) is 0 Å². The van der Waals surface area contributed by atoms with E-state index < -0.39 is 30.8 Å². The van der Waals surface area contributed by atoms with Crippen LogP contribution in [0.3, 0.4) is 0 Å². The second-order valence-electron chi connectivity index (χ2n) is 5.08. The zero-order valence-corrected chi connectivity index (χ0v) is 15.3. The Morgan fingerprint density at radius 2 is 1.41 bits per heavy atom. The molecule has 12 nitrogen and oxygen atoms in total. The first-order valence-electron chi connectivity index (χ1n) is 7.08. The van der Waals surface area contributed by atoms with Crippen molar-refractivity contribution in [3.8, 4) is 0 Å². The van der Waals surface area contributed by atoms with Crippen LogP contribution in [0.2, 0.25) is 0 Å². The van der Waals surface area contributed by atoms with E-state index >= 15 is 0 Å². The van der Waals surface area contributed by atoms with E-state index in [1.165, 1.54) is 36.4 Å². The molecule has 0 bridgehead atoms. The molecular weight excluding hydrogens is 435 g/mol. The molecule has 2 aromatic rings. The van der Waals surface area contributed by atoms with Crippen LogP contribution in [-0.4, -0.2) is 55.5 Å². The van der Waals surface area contributed by atoms with Crippen LogP contribution in [-0.2, 0) is 20.2 Å². The molecule has 15 heteroatoms. The van der Waals surface area contributed by atoms with Crippen molar-refractivity contribution < 1.29 is 25.9 Å². The molecule has 2 rings (SSSR count). The monoisotopic (exact) mass is 446 g/mol. The molecule has 0 saturated heterocycles. The molecule has 0 saturated carbocycles. The first-order valence-corrected chi connectivity index (χ1v) is 9.96. The zero-order chi connectivity index (χ0) is 20.9. The molecular formula is C14H11N6NaO6S2. The Balaban J connectivity index is 0.00000420. The van der Waals surface area contributed by atoms with Crippen LogP contribution < -0.4 is 0 Å². The first-order chi connectivity index (χ1) is 13.1. The molecule has 0 radical (unpaired) electrons. The summed E-state index contributed by atoms with van der Waals surface area (Å²) in [7, 11) is -9.23. The molecule has 0 amide bonds. The van der Waals surface area contributed by atoms with Crippen molar-refractivity contribution in [1.82, 2.24) is 0 Å². The van der Waals surface area contributed by atoms with E-state index in [-0.39, 0.29) is 45.7 Å². The SMILES string of the molecule is [N-]=[N+]=Nc1ccc(C=Cc2ccc(S(=O)(=O)O)cc2)c(S(=O)(=O)O)c1N=[N+]=[N-].[NaH]. The molecule has 0 aliphatic rings. The van der Waals surface area contributed by atoms with E-state index in [4.69, 9.17) is 15.6 Å². The number of hydrogen-bond acceptors (Lipinski definition) is 6. The number of azide groups is 2. The number of rotatable bonds is 6. The number of nitrogens with zero attached hydrogens (tertiary/aromatic N) is 6. The molecule has 0 heterocycles. The van der Waals surface area contributed by atoms with Crippen molar-refractivity contribution >= 4 is 73.3 Å². The summed E-state index contributed by atoms with van der Waals surface area (Å²) in [5, 5.41) is 6.42. The van der Waals surface area contributed by atoms with E-state index in [0.29, 0.717) is 5.56 Å². The van der Waals surface area contributed by atoms with Crippen molar-refractivity contribution in [3.63, 3.8) is 0 Å². The molecule has 0 aliphatic heterocycles. The van der Waals surface area contributed by atoms with Gasteiger partial charge in [0.05, 0.1) is 10.6 Å². The first kappa shape index (κ1) is 24.7. The summed E-state index contributed by atoms with van der Waals surface area (Å²) in [5.74, 6) is 0. The van der Waals surface area contributed by atoms with Crippen LogP contribution in [0.5, 0.6) is 0 Å². The summed E-state index contributed by atoms with van der Waals surface area (Å²) in [6.07, 6.45) is 2.63. The molecule has 0 unspecified atom stereocenters. The standard InChI is InChI=1S/C14H10N6O6S2.Na.H/c15-19-17-12-8-5-10(14(28(24,25)26)13(12)18-20-16)4-1-9-2-6-11(7-3-9)27(21,22)23;;/h1-8H,(H,21,22,23)(H,24,25,26);;. The molecule has 0 spiro atoms. The molecule has 2 aromatic carbocycles. The van der Waals surface area contributed by atoms with Crippen LogP contribution in [0.25, 0.3) is 33.0 Å². The van der Waals surface area contributed by atoms with E-state index in [9.17, 15) is 21.4 Å². The van der Waals surface area contributed by atoms with E-state index in [2.05, 4.69) is 20.1 Å². The topological polar surface area (TPSA) is 206 Å². The molecule has 0 aliphatic carbocycles. The zero-order valence-electron chi connectivity index (χ0n) is 13.6. The Morgan fingerprint density at radius 3 is 1.90 bits per heavy atom. The number of benzene rings is 2. The van der Waals surface area contributed by atoms with Gasteiger partial charge in [-0.15, -0.1) is 0 Å². The van der Waals surface area contributed by atoms with Gasteiger partial charge in [0.15, 0.2) is 0 Å². The van der Waals surface area contributed by atoms with Gasteiger partial charge in [0.1, 0.15) is 4.90 Å². The third-order valence-electron chi connectivity index (χ3n) is 3.33. The quantitative estimate of drug-likeness (QED) is 0.169. The molecule has 0 atom stereocenters. The molecule has 2 N–H and O–H groups in total. The average molecular weight is 446 g/mol. The van der Waals surface area contributed by atoms with Crippen molar-refractivity contribution in [2.24, 2.45) is 10.2 Å². The van der Waals surface area contributed by atoms with Crippen molar-refractivity contribution in [2.75, 3.05) is 0 Å². The van der Waals surface area contributed by atoms with Crippen LogP contribution in [0.15, 0.2) is 56.4 Å². The minimum atomic E-state index is -4.87. The van der Waals surface area contributed by atoms with Gasteiger partial charge >= 0.3 is 29.6 Å². The second-order valence-corrected chi connectivity index (χ2v) is 7.86. The Kier molecular flexibility index (Phi) is 8.41. The van der Waals surface area contributed by atoms with Gasteiger partial charge in [-0.2, -0.15) is 16.8 Å². The van der Waals surface area contributed by atoms with E-state index in [0.717, 1.165) is 12.1 Å². The maximum absolute atomic E-state index is 11.8. The molecule has 0 fully saturated rings. The van der Waals surface area contributed by atoms with Crippen molar-refractivity contribution in [2.45, 2.75) is 9.79 Å². The summed E-state index contributed by atoms with van der Waals surface area (Å²) in [6, 6.07) is 7.36. The van der Waals surface area contributed by atoms with Gasteiger partial charge in [0.25, 0.3) is 20.2 Å². The van der Waals surface area contributed by atoms with Gasteiger partial charge in [-0.25, -0.2) is 0 Å². The van der Waals surface area contributed by atoms with Crippen molar-refractivity contribution in [1.29, 1.82) is 0 Å². The summed E-state index contributed by atoms with van der Waals surface area (Å²) in [6.45, 7) is 0. The van der Waals surface area contributed by atoms with Gasteiger partial charge < -0.3 is 0 Å². The summed E-state index contributed by atoms with van der Waals surface area (Å²) in [5.41, 5.74) is 16.7. The fraction of sp³-hybridized carbons (Fsp3) is 0. The van der Waals surface area contributed by atoms with Crippen LogP contribution in [0.4, 0.5) is 11.4 Å². The second kappa shape index (κ2) is 9.89.